The summed E-state index contributed by atoms with van der Waals surface area (Å²) in [7, 11) is -4.55. The number of rotatable bonds is 7. The molecule has 194 valence electrons. The van der Waals surface area contributed by atoms with E-state index in [9.17, 15) is 21.6 Å². The molecule has 0 saturated heterocycles. The minimum absolute atomic E-state index is 0.0207. The number of oxime groups is 1. The quantitative estimate of drug-likeness (QED) is 0.201. The number of halogens is 5. The first-order valence-electron chi connectivity index (χ1n) is 10.6. The second-order valence-corrected chi connectivity index (χ2v) is 10.5. The number of hydrogen-bond donors (Lipinski definition) is 2. The highest BCUT2D eigenvalue weighted by Crippen LogP contribution is 2.36. The van der Waals surface area contributed by atoms with Crippen LogP contribution in [0.4, 0.5) is 18.9 Å². The molecule has 3 aromatic heterocycles. The van der Waals surface area contributed by atoms with Gasteiger partial charge in [-0.2, -0.15) is 13.2 Å². The smallest absolute Gasteiger partial charge is 0.393 e. The lowest BCUT2D eigenvalue weighted by Crippen LogP contribution is -2.19. The first-order chi connectivity index (χ1) is 17.4. The minimum Gasteiger partial charge on any atom is -0.393 e. The van der Waals surface area contributed by atoms with Gasteiger partial charge in [0.25, 0.3) is 10.0 Å². The van der Waals surface area contributed by atoms with E-state index in [-0.39, 0.29) is 28.2 Å². The number of pyridine rings is 2. The molecule has 0 unspecified atom stereocenters. The van der Waals surface area contributed by atoms with Crippen molar-refractivity contribution in [1.29, 1.82) is 0 Å². The highest BCUT2D eigenvalue weighted by molar-refractivity contribution is 7.92. The third-order valence-corrected chi connectivity index (χ3v) is 6.85. The number of alkyl halides is 3. The molecule has 0 atom stereocenters. The zero-order valence-corrected chi connectivity index (χ0v) is 21.5. The van der Waals surface area contributed by atoms with Crippen LogP contribution in [0.5, 0.6) is 0 Å². The molecule has 37 heavy (non-hydrogen) atoms. The van der Waals surface area contributed by atoms with E-state index in [0.29, 0.717) is 22.7 Å². The summed E-state index contributed by atoms with van der Waals surface area (Å²) < 4.78 is 68.6. The molecule has 0 bridgehead atoms. The normalized spacial score (nSPS) is 12.8. The van der Waals surface area contributed by atoms with Gasteiger partial charge in [-0.1, -0.05) is 28.4 Å². The van der Waals surface area contributed by atoms with Crippen molar-refractivity contribution in [2.45, 2.75) is 31.0 Å². The first-order valence-corrected chi connectivity index (χ1v) is 12.8. The van der Waals surface area contributed by atoms with Crippen LogP contribution < -0.4 is 4.72 Å². The molecule has 0 aliphatic carbocycles. The third-order valence-electron chi connectivity index (χ3n) is 4.95. The number of nitrogens with one attached hydrogen (secondary N) is 2. The Balaban J connectivity index is 1.86. The summed E-state index contributed by atoms with van der Waals surface area (Å²) in [5, 5.41) is 4.29. The molecule has 0 radical (unpaired) electrons. The molecular formula is C23H18Cl2F3N5O3S. The monoisotopic (exact) mass is 571 g/mol. The van der Waals surface area contributed by atoms with Crippen molar-refractivity contribution in [1.82, 2.24) is 15.0 Å². The van der Waals surface area contributed by atoms with Crippen LogP contribution in [0.2, 0.25) is 10.0 Å². The van der Waals surface area contributed by atoms with Crippen molar-refractivity contribution in [2.75, 3.05) is 4.72 Å². The number of fused-ring (bicyclic) bond motifs is 1. The highest BCUT2D eigenvalue weighted by Gasteiger charge is 2.35. The van der Waals surface area contributed by atoms with Crippen molar-refractivity contribution < 1.29 is 26.4 Å². The first kappa shape index (κ1) is 26.7. The molecule has 0 fully saturated rings. The van der Waals surface area contributed by atoms with Gasteiger partial charge in [-0.05, 0) is 50.2 Å². The predicted octanol–water partition coefficient (Wildman–Crippen LogP) is 6.26. The van der Waals surface area contributed by atoms with E-state index in [1.54, 1.807) is 32.2 Å². The van der Waals surface area contributed by atoms with Crippen LogP contribution >= 0.6 is 23.2 Å². The molecule has 4 aromatic rings. The molecule has 0 spiro atoms. The molecule has 2 N–H and O–H groups in total. The van der Waals surface area contributed by atoms with Gasteiger partial charge in [-0.3, -0.25) is 9.71 Å². The minimum atomic E-state index is -4.86. The van der Waals surface area contributed by atoms with Gasteiger partial charge in [0.05, 0.1) is 26.2 Å². The zero-order valence-electron chi connectivity index (χ0n) is 19.1. The van der Waals surface area contributed by atoms with Crippen molar-refractivity contribution in [3.8, 4) is 0 Å². The molecule has 0 saturated carbocycles. The maximum absolute atomic E-state index is 13.3. The summed E-state index contributed by atoms with van der Waals surface area (Å²) in [4.78, 5) is 16.3. The van der Waals surface area contributed by atoms with E-state index < -0.39 is 31.7 Å². The standard InChI is InChI=1S/C23H18Cl2F3N5O3S/c1-12(2)36-32-20(15-5-7-29-22-16(15)6-8-30-22)21-19(9-13(24)11-31-21)33-37(34,35)14-3-4-18(25)17(10-14)23(26,27)28/h3-12,33H,1-2H3,(H,29,30)/b32-20+. The SMILES string of the molecule is CC(C)O/N=C(/c1ncc(Cl)cc1NS(=O)(=O)c1ccc(Cl)c(C(F)(F)F)c1)c1ccnc2[nH]ccc12. The molecule has 1 aromatic carbocycles. The van der Waals surface area contributed by atoms with Crippen LogP contribution in [0.3, 0.4) is 0 Å². The third kappa shape index (κ3) is 5.81. The summed E-state index contributed by atoms with van der Waals surface area (Å²) >= 11 is 11.7. The molecule has 14 heteroatoms. The Bertz CT molecular complexity index is 1600. The van der Waals surface area contributed by atoms with Crippen LogP contribution in [-0.4, -0.2) is 35.2 Å². The molecule has 8 nitrogen and oxygen atoms in total. The summed E-state index contributed by atoms with van der Waals surface area (Å²) in [6, 6.07) is 6.92. The Labute approximate surface area is 219 Å². The van der Waals surface area contributed by atoms with Crippen molar-refractivity contribution in [2.24, 2.45) is 5.16 Å². The molecule has 0 amide bonds. The highest BCUT2D eigenvalue weighted by atomic mass is 35.5. The maximum atomic E-state index is 13.3. The van der Waals surface area contributed by atoms with Crippen LogP contribution in [0.1, 0.15) is 30.7 Å². The Morgan fingerprint density at radius 2 is 1.89 bits per heavy atom. The van der Waals surface area contributed by atoms with Gasteiger partial charge in [-0.25, -0.2) is 13.4 Å². The number of sulfonamides is 1. The predicted molar refractivity (Wildman–Crippen MR) is 134 cm³/mol. The van der Waals surface area contributed by atoms with E-state index in [0.717, 1.165) is 12.1 Å². The Morgan fingerprint density at radius 1 is 1.14 bits per heavy atom. The number of nitrogens with zero attached hydrogens (tertiary/aromatic N) is 3. The van der Waals surface area contributed by atoms with Gasteiger partial charge in [0.15, 0.2) is 0 Å². The van der Waals surface area contributed by atoms with Gasteiger partial charge in [0.2, 0.25) is 0 Å². The number of hydrogen-bond acceptors (Lipinski definition) is 6. The second-order valence-electron chi connectivity index (χ2n) is 7.99. The van der Waals surface area contributed by atoms with Crippen molar-refractivity contribution >= 4 is 55.7 Å². The average Bonchev–Trinajstić information content (AvgIpc) is 3.29. The lowest BCUT2D eigenvalue weighted by Gasteiger charge is -2.16. The van der Waals surface area contributed by atoms with Crippen LogP contribution in [-0.2, 0) is 21.0 Å². The van der Waals surface area contributed by atoms with E-state index in [2.05, 4.69) is 24.8 Å². The van der Waals surface area contributed by atoms with Crippen LogP contribution in [0.15, 0.2) is 65.0 Å². The summed E-state index contributed by atoms with van der Waals surface area (Å²) in [6.07, 6.45) is -0.729. The fourth-order valence-electron chi connectivity index (χ4n) is 3.34. The zero-order chi connectivity index (χ0) is 27.0. The van der Waals surface area contributed by atoms with Gasteiger partial charge >= 0.3 is 6.18 Å². The number of H-pyrrole nitrogens is 1. The Kier molecular flexibility index (Phi) is 7.36. The summed E-state index contributed by atoms with van der Waals surface area (Å²) in [5.41, 5.74) is -0.225. The topological polar surface area (TPSA) is 109 Å². The molecule has 4 rings (SSSR count). The Hall–Kier alpha value is -3.35. The average molecular weight is 572 g/mol. The van der Waals surface area contributed by atoms with E-state index in [1.807, 2.05) is 0 Å². The van der Waals surface area contributed by atoms with Crippen molar-refractivity contribution in [3.05, 3.63) is 81.9 Å². The molecule has 0 aliphatic heterocycles. The van der Waals surface area contributed by atoms with Gasteiger partial charge in [0, 0.05) is 29.5 Å². The molecule has 0 aliphatic rings. The fourth-order valence-corrected chi connectivity index (χ4v) is 4.81. The van der Waals surface area contributed by atoms with E-state index in [1.165, 1.54) is 18.5 Å². The van der Waals surface area contributed by atoms with Gasteiger partial charge in [0.1, 0.15) is 23.2 Å². The van der Waals surface area contributed by atoms with E-state index in [4.69, 9.17) is 28.0 Å². The van der Waals surface area contributed by atoms with Crippen LogP contribution in [0.25, 0.3) is 11.0 Å². The van der Waals surface area contributed by atoms with Gasteiger partial charge < -0.3 is 9.82 Å². The Morgan fingerprint density at radius 3 is 2.59 bits per heavy atom. The summed E-state index contributed by atoms with van der Waals surface area (Å²) in [5.74, 6) is 0. The maximum Gasteiger partial charge on any atom is 0.417 e. The number of aromatic amines is 1. The molecular weight excluding hydrogens is 554 g/mol. The van der Waals surface area contributed by atoms with Crippen LogP contribution in [0, 0.1) is 0 Å². The van der Waals surface area contributed by atoms with Crippen molar-refractivity contribution in [3.63, 3.8) is 0 Å². The van der Waals surface area contributed by atoms with Gasteiger partial charge in [-0.15, -0.1) is 0 Å². The lowest BCUT2D eigenvalue weighted by atomic mass is 10.0. The molecule has 3 heterocycles. The fraction of sp³-hybridized carbons (Fsp3) is 0.174. The largest absolute Gasteiger partial charge is 0.417 e. The number of benzene rings is 1. The number of aromatic nitrogens is 3. The summed E-state index contributed by atoms with van der Waals surface area (Å²) in [6.45, 7) is 3.49. The van der Waals surface area contributed by atoms with E-state index >= 15 is 0 Å². The number of anilines is 1. The second kappa shape index (κ2) is 10.2. The lowest BCUT2D eigenvalue weighted by molar-refractivity contribution is -0.137.